The van der Waals surface area contributed by atoms with E-state index in [0.717, 1.165) is 19.8 Å². The summed E-state index contributed by atoms with van der Waals surface area (Å²) in [7, 11) is 0. The highest BCUT2D eigenvalue weighted by Gasteiger charge is 2.46. The Morgan fingerprint density at radius 2 is 1.92 bits per heavy atom. The molecule has 0 aromatic heterocycles. The van der Waals surface area contributed by atoms with Gasteiger partial charge in [0.25, 0.3) is 0 Å². The maximum atomic E-state index is 5.66. The maximum Gasteiger partial charge on any atom is 0.0593 e. The Hall–Kier alpha value is -0.0800. The molecule has 2 heteroatoms. The van der Waals surface area contributed by atoms with Crippen molar-refractivity contribution in [3.8, 4) is 0 Å². The second kappa shape index (κ2) is 2.96. The first-order valence-corrected chi connectivity index (χ1v) is 5.35. The summed E-state index contributed by atoms with van der Waals surface area (Å²) >= 11 is 0. The van der Waals surface area contributed by atoms with Crippen molar-refractivity contribution in [1.29, 1.82) is 0 Å². The molecule has 1 heterocycles. The zero-order valence-electron chi connectivity index (χ0n) is 9.10. The van der Waals surface area contributed by atoms with Gasteiger partial charge in [-0.1, -0.05) is 0 Å². The quantitative estimate of drug-likeness (QED) is 0.568. The van der Waals surface area contributed by atoms with Crippen molar-refractivity contribution in [2.45, 2.75) is 39.2 Å². The first kappa shape index (κ1) is 9.47. The van der Waals surface area contributed by atoms with Crippen LogP contribution in [0, 0.1) is 5.41 Å². The summed E-state index contributed by atoms with van der Waals surface area (Å²) in [6.07, 6.45) is 2.75. The van der Waals surface area contributed by atoms with Crippen LogP contribution in [0.2, 0.25) is 0 Å². The van der Waals surface area contributed by atoms with E-state index in [4.69, 9.17) is 4.74 Å². The van der Waals surface area contributed by atoms with E-state index in [9.17, 15) is 0 Å². The molecule has 76 valence electrons. The van der Waals surface area contributed by atoms with Crippen LogP contribution >= 0.6 is 0 Å². The molecule has 0 amide bonds. The SMILES string of the molecule is CC(C)(C)N1CCOCC2(CC2)C1. The molecule has 1 aliphatic carbocycles. The van der Waals surface area contributed by atoms with Gasteiger partial charge in [0, 0.05) is 24.0 Å². The number of ether oxygens (including phenoxy) is 1. The topological polar surface area (TPSA) is 12.5 Å². The lowest BCUT2D eigenvalue weighted by molar-refractivity contribution is 0.109. The van der Waals surface area contributed by atoms with E-state index in [1.165, 1.54) is 19.4 Å². The highest BCUT2D eigenvalue weighted by molar-refractivity contribution is 4.98. The standard InChI is InChI=1S/C11H21NO/c1-10(2,3)12-6-7-13-9-11(8-12)4-5-11/h4-9H2,1-3H3. The molecule has 0 atom stereocenters. The predicted octanol–water partition coefficient (Wildman–Crippen LogP) is 1.90. The fourth-order valence-corrected chi connectivity index (χ4v) is 2.04. The van der Waals surface area contributed by atoms with Gasteiger partial charge in [0.2, 0.25) is 0 Å². The van der Waals surface area contributed by atoms with Gasteiger partial charge in [0.05, 0.1) is 13.2 Å². The molecule has 0 N–H and O–H groups in total. The lowest BCUT2D eigenvalue weighted by Gasteiger charge is -2.36. The predicted molar refractivity (Wildman–Crippen MR) is 53.8 cm³/mol. The largest absolute Gasteiger partial charge is 0.379 e. The summed E-state index contributed by atoms with van der Waals surface area (Å²) in [4.78, 5) is 2.58. The third-order valence-electron chi connectivity index (χ3n) is 3.35. The van der Waals surface area contributed by atoms with Gasteiger partial charge in [-0.05, 0) is 33.6 Å². The number of hydrogen-bond acceptors (Lipinski definition) is 2. The molecule has 1 aliphatic heterocycles. The minimum Gasteiger partial charge on any atom is -0.379 e. The molecule has 1 saturated carbocycles. The highest BCUT2D eigenvalue weighted by atomic mass is 16.5. The summed E-state index contributed by atoms with van der Waals surface area (Å²) in [6, 6.07) is 0. The molecular formula is C11H21NO. The van der Waals surface area contributed by atoms with Crippen LogP contribution in [0.5, 0.6) is 0 Å². The minimum atomic E-state index is 0.309. The highest BCUT2D eigenvalue weighted by Crippen LogP contribution is 2.48. The molecule has 0 aromatic rings. The van der Waals surface area contributed by atoms with Crippen molar-refractivity contribution >= 4 is 0 Å². The Bertz CT molecular complexity index is 191. The Morgan fingerprint density at radius 3 is 2.46 bits per heavy atom. The van der Waals surface area contributed by atoms with Crippen LogP contribution in [0.3, 0.4) is 0 Å². The lowest BCUT2D eigenvalue weighted by Crippen LogP contribution is -2.44. The third-order valence-corrected chi connectivity index (χ3v) is 3.35. The average molecular weight is 183 g/mol. The number of nitrogens with zero attached hydrogens (tertiary/aromatic N) is 1. The normalized spacial score (nSPS) is 28.8. The first-order valence-electron chi connectivity index (χ1n) is 5.35. The van der Waals surface area contributed by atoms with E-state index in [1.54, 1.807) is 0 Å². The van der Waals surface area contributed by atoms with Gasteiger partial charge in [-0.25, -0.2) is 0 Å². The molecule has 0 unspecified atom stereocenters. The minimum absolute atomic E-state index is 0.309. The van der Waals surface area contributed by atoms with Crippen LogP contribution in [0.15, 0.2) is 0 Å². The average Bonchev–Trinajstić information content (AvgIpc) is 2.78. The second-order valence-electron chi connectivity index (χ2n) is 5.64. The van der Waals surface area contributed by atoms with Gasteiger partial charge >= 0.3 is 0 Å². The van der Waals surface area contributed by atoms with Crippen LogP contribution in [-0.2, 0) is 4.74 Å². The van der Waals surface area contributed by atoms with Crippen LogP contribution in [0.1, 0.15) is 33.6 Å². The van der Waals surface area contributed by atoms with E-state index in [1.807, 2.05) is 0 Å². The Morgan fingerprint density at radius 1 is 1.23 bits per heavy atom. The molecule has 2 rings (SSSR count). The molecule has 0 radical (unpaired) electrons. The zero-order valence-corrected chi connectivity index (χ0v) is 9.10. The van der Waals surface area contributed by atoms with Gasteiger partial charge in [-0.15, -0.1) is 0 Å². The number of rotatable bonds is 0. The van der Waals surface area contributed by atoms with Gasteiger partial charge in [-0.2, -0.15) is 0 Å². The van der Waals surface area contributed by atoms with E-state index >= 15 is 0 Å². The number of hydrogen-bond donors (Lipinski definition) is 0. The van der Waals surface area contributed by atoms with Gasteiger partial charge in [-0.3, -0.25) is 4.90 Å². The van der Waals surface area contributed by atoms with Crippen molar-refractivity contribution in [3.05, 3.63) is 0 Å². The molecule has 2 fully saturated rings. The van der Waals surface area contributed by atoms with Crippen molar-refractivity contribution in [2.24, 2.45) is 5.41 Å². The smallest absolute Gasteiger partial charge is 0.0593 e. The molecule has 0 aromatic carbocycles. The molecule has 2 nitrogen and oxygen atoms in total. The summed E-state index contributed by atoms with van der Waals surface area (Å²) in [5, 5.41) is 0. The molecular weight excluding hydrogens is 162 g/mol. The molecule has 1 saturated heterocycles. The summed E-state index contributed by atoms with van der Waals surface area (Å²) in [5.74, 6) is 0. The van der Waals surface area contributed by atoms with Gasteiger partial charge in [0.15, 0.2) is 0 Å². The third kappa shape index (κ3) is 2.05. The lowest BCUT2D eigenvalue weighted by atomic mass is 10.0. The first-order chi connectivity index (χ1) is 6.02. The maximum absolute atomic E-state index is 5.66. The summed E-state index contributed by atoms with van der Waals surface area (Å²) in [5.41, 5.74) is 0.854. The van der Waals surface area contributed by atoms with E-state index in [-0.39, 0.29) is 0 Å². The fourth-order valence-electron chi connectivity index (χ4n) is 2.04. The monoisotopic (exact) mass is 183 g/mol. The van der Waals surface area contributed by atoms with E-state index < -0.39 is 0 Å². The van der Waals surface area contributed by atoms with Crippen LogP contribution in [0.4, 0.5) is 0 Å². The van der Waals surface area contributed by atoms with Crippen molar-refractivity contribution in [3.63, 3.8) is 0 Å². The van der Waals surface area contributed by atoms with E-state index in [0.29, 0.717) is 11.0 Å². The molecule has 1 spiro atoms. The van der Waals surface area contributed by atoms with Crippen LogP contribution < -0.4 is 0 Å². The molecule has 0 bridgehead atoms. The molecule has 2 aliphatic rings. The van der Waals surface area contributed by atoms with Crippen molar-refractivity contribution < 1.29 is 4.74 Å². The Kier molecular flexibility index (Phi) is 2.16. The van der Waals surface area contributed by atoms with E-state index in [2.05, 4.69) is 25.7 Å². The van der Waals surface area contributed by atoms with Crippen LogP contribution in [0.25, 0.3) is 0 Å². The Balaban J connectivity index is 2.03. The second-order valence-corrected chi connectivity index (χ2v) is 5.64. The zero-order chi connectivity index (χ0) is 9.53. The van der Waals surface area contributed by atoms with Crippen LogP contribution in [-0.4, -0.2) is 36.7 Å². The summed E-state index contributed by atoms with van der Waals surface area (Å²) in [6.45, 7) is 11.2. The Labute approximate surface area is 81.3 Å². The molecule has 13 heavy (non-hydrogen) atoms. The summed E-state index contributed by atoms with van der Waals surface area (Å²) < 4.78 is 5.66. The van der Waals surface area contributed by atoms with Gasteiger partial charge < -0.3 is 4.74 Å². The van der Waals surface area contributed by atoms with Crippen molar-refractivity contribution in [1.82, 2.24) is 4.90 Å². The van der Waals surface area contributed by atoms with Crippen molar-refractivity contribution in [2.75, 3.05) is 26.3 Å². The fraction of sp³-hybridized carbons (Fsp3) is 1.00. The van der Waals surface area contributed by atoms with Gasteiger partial charge in [0.1, 0.15) is 0 Å².